The van der Waals surface area contributed by atoms with E-state index in [1.165, 1.54) is 22.4 Å². The summed E-state index contributed by atoms with van der Waals surface area (Å²) in [6.45, 7) is 13.1. The molecule has 28 heavy (non-hydrogen) atoms. The maximum atomic E-state index is 4.87. The van der Waals surface area contributed by atoms with Gasteiger partial charge in [-0.2, -0.15) is 0 Å². The van der Waals surface area contributed by atoms with Crippen molar-refractivity contribution in [1.29, 1.82) is 0 Å². The van der Waals surface area contributed by atoms with E-state index >= 15 is 0 Å². The Labute approximate surface area is 172 Å². The van der Waals surface area contributed by atoms with E-state index in [4.69, 9.17) is 4.99 Å². The number of benzene rings is 1. The summed E-state index contributed by atoms with van der Waals surface area (Å²) in [5.41, 5.74) is 6.05. The van der Waals surface area contributed by atoms with E-state index in [1.54, 1.807) is 17.5 Å². The zero-order valence-electron chi connectivity index (χ0n) is 17.4. The summed E-state index contributed by atoms with van der Waals surface area (Å²) in [5, 5.41) is 2.23. The van der Waals surface area contributed by atoms with Crippen LogP contribution in [0.5, 0.6) is 0 Å². The van der Waals surface area contributed by atoms with E-state index in [2.05, 4.69) is 65.7 Å². The van der Waals surface area contributed by atoms with Crippen LogP contribution in [0.2, 0.25) is 0 Å². The molecule has 5 heteroatoms. The van der Waals surface area contributed by atoms with Gasteiger partial charge in [0.2, 0.25) is 0 Å². The van der Waals surface area contributed by atoms with Crippen molar-refractivity contribution in [3.05, 3.63) is 64.0 Å². The fraction of sp³-hybridized carbons (Fsp3) is 0.391. The molecule has 0 saturated carbocycles. The van der Waals surface area contributed by atoms with Crippen molar-refractivity contribution < 1.29 is 0 Å². The Bertz CT molecular complexity index is 952. The second-order valence-electron chi connectivity index (χ2n) is 7.06. The fourth-order valence-corrected chi connectivity index (χ4v) is 4.24. The largest absolute Gasteiger partial charge is 0.316 e. The van der Waals surface area contributed by atoms with Gasteiger partial charge in [-0.1, -0.05) is 26.0 Å². The summed E-state index contributed by atoms with van der Waals surface area (Å²) in [5.74, 6) is 0. The van der Waals surface area contributed by atoms with E-state index in [0.29, 0.717) is 0 Å². The zero-order chi connectivity index (χ0) is 19.9. The molecule has 0 amide bonds. The van der Waals surface area contributed by atoms with Crippen molar-refractivity contribution >= 4 is 17.0 Å². The Morgan fingerprint density at radius 1 is 1.11 bits per heavy atom. The van der Waals surface area contributed by atoms with Crippen LogP contribution in [0.25, 0.3) is 11.3 Å². The van der Waals surface area contributed by atoms with Gasteiger partial charge in [0, 0.05) is 18.1 Å². The molecule has 3 aromatic rings. The lowest BCUT2D eigenvalue weighted by Crippen LogP contribution is -2.26. The molecule has 0 bridgehead atoms. The SMILES string of the molecule is CCN(CC)CCCn1c(-c2ccc(C)c(C)c2)csc1=Nc1cccnc1. The molecule has 2 aromatic heterocycles. The van der Waals surface area contributed by atoms with Gasteiger partial charge in [0.1, 0.15) is 0 Å². The van der Waals surface area contributed by atoms with E-state index in [9.17, 15) is 0 Å². The highest BCUT2D eigenvalue weighted by Gasteiger charge is 2.10. The minimum atomic E-state index is 0.897. The second kappa shape index (κ2) is 9.80. The van der Waals surface area contributed by atoms with E-state index in [0.717, 1.165) is 43.1 Å². The number of rotatable bonds is 8. The number of aryl methyl sites for hydroxylation is 2. The van der Waals surface area contributed by atoms with Crippen LogP contribution < -0.4 is 4.80 Å². The van der Waals surface area contributed by atoms with Gasteiger partial charge in [-0.25, -0.2) is 4.99 Å². The summed E-state index contributed by atoms with van der Waals surface area (Å²) in [6, 6.07) is 10.6. The van der Waals surface area contributed by atoms with E-state index < -0.39 is 0 Å². The van der Waals surface area contributed by atoms with E-state index in [1.807, 2.05) is 18.3 Å². The molecule has 0 radical (unpaired) electrons. The highest BCUT2D eigenvalue weighted by Crippen LogP contribution is 2.23. The van der Waals surface area contributed by atoms with Gasteiger partial charge in [0.25, 0.3) is 0 Å². The molecular formula is C23H30N4S. The average Bonchev–Trinajstić information content (AvgIpc) is 3.10. The van der Waals surface area contributed by atoms with Crippen molar-refractivity contribution in [3.8, 4) is 11.3 Å². The molecule has 0 unspecified atom stereocenters. The molecule has 2 heterocycles. The lowest BCUT2D eigenvalue weighted by molar-refractivity contribution is 0.293. The fourth-order valence-electron chi connectivity index (χ4n) is 3.29. The molecule has 0 atom stereocenters. The van der Waals surface area contributed by atoms with Gasteiger partial charge in [-0.05, 0) is 74.8 Å². The molecule has 3 rings (SSSR count). The van der Waals surface area contributed by atoms with Gasteiger partial charge in [-0.15, -0.1) is 11.3 Å². The predicted molar refractivity (Wildman–Crippen MR) is 119 cm³/mol. The topological polar surface area (TPSA) is 33.4 Å². The van der Waals surface area contributed by atoms with Crippen molar-refractivity contribution in [2.45, 2.75) is 40.7 Å². The molecule has 0 N–H and O–H groups in total. The molecule has 0 fully saturated rings. The summed E-state index contributed by atoms with van der Waals surface area (Å²) in [7, 11) is 0. The highest BCUT2D eigenvalue weighted by atomic mass is 32.1. The number of aromatic nitrogens is 2. The van der Waals surface area contributed by atoms with Crippen molar-refractivity contribution in [1.82, 2.24) is 14.5 Å². The summed E-state index contributed by atoms with van der Waals surface area (Å²) >= 11 is 1.70. The van der Waals surface area contributed by atoms with Crippen LogP contribution in [0.3, 0.4) is 0 Å². The highest BCUT2D eigenvalue weighted by molar-refractivity contribution is 7.07. The van der Waals surface area contributed by atoms with Crippen molar-refractivity contribution in [2.24, 2.45) is 4.99 Å². The molecule has 0 aliphatic heterocycles. The zero-order valence-corrected chi connectivity index (χ0v) is 18.2. The minimum absolute atomic E-state index is 0.897. The minimum Gasteiger partial charge on any atom is -0.316 e. The molecule has 0 aliphatic rings. The Hall–Kier alpha value is -2.24. The van der Waals surface area contributed by atoms with Crippen LogP contribution in [0.1, 0.15) is 31.4 Å². The molecule has 1 aromatic carbocycles. The first-order chi connectivity index (χ1) is 13.6. The summed E-state index contributed by atoms with van der Waals surface area (Å²) < 4.78 is 2.37. The third-order valence-electron chi connectivity index (χ3n) is 5.22. The van der Waals surface area contributed by atoms with Crippen LogP contribution in [-0.4, -0.2) is 34.1 Å². The predicted octanol–water partition coefficient (Wildman–Crippen LogP) is 5.19. The number of hydrogen-bond donors (Lipinski definition) is 0. The number of hydrogen-bond acceptors (Lipinski definition) is 4. The lowest BCUT2D eigenvalue weighted by atomic mass is 10.0. The van der Waals surface area contributed by atoms with Crippen LogP contribution in [-0.2, 0) is 6.54 Å². The Morgan fingerprint density at radius 3 is 2.61 bits per heavy atom. The van der Waals surface area contributed by atoms with Crippen LogP contribution in [0.4, 0.5) is 5.69 Å². The van der Waals surface area contributed by atoms with Crippen LogP contribution in [0.15, 0.2) is 53.1 Å². The summed E-state index contributed by atoms with van der Waals surface area (Å²) in [6.07, 6.45) is 4.71. The Balaban J connectivity index is 1.97. The van der Waals surface area contributed by atoms with Crippen molar-refractivity contribution in [3.63, 3.8) is 0 Å². The average molecular weight is 395 g/mol. The standard InChI is InChI=1S/C23H30N4S/c1-5-26(6-2)13-8-14-27-22(20-11-10-18(3)19(4)15-20)17-28-23(27)25-21-9-7-12-24-16-21/h7,9-12,15-17H,5-6,8,13-14H2,1-4H3. The molecule has 0 aliphatic carbocycles. The second-order valence-corrected chi connectivity index (χ2v) is 7.89. The first-order valence-electron chi connectivity index (χ1n) is 10.1. The monoisotopic (exact) mass is 394 g/mol. The van der Waals surface area contributed by atoms with Gasteiger partial charge in [0.05, 0.1) is 17.6 Å². The first kappa shape index (κ1) is 20.5. The number of pyridine rings is 1. The third-order valence-corrected chi connectivity index (χ3v) is 6.09. The van der Waals surface area contributed by atoms with Crippen LogP contribution >= 0.6 is 11.3 Å². The van der Waals surface area contributed by atoms with Crippen molar-refractivity contribution in [2.75, 3.05) is 19.6 Å². The maximum Gasteiger partial charge on any atom is 0.190 e. The number of nitrogens with zero attached hydrogens (tertiary/aromatic N) is 4. The molecule has 4 nitrogen and oxygen atoms in total. The first-order valence-corrected chi connectivity index (χ1v) is 10.9. The van der Waals surface area contributed by atoms with Crippen LogP contribution in [0, 0.1) is 13.8 Å². The lowest BCUT2D eigenvalue weighted by Gasteiger charge is -2.18. The Morgan fingerprint density at radius 2 is 1.93 bits per heavy atom. The maximum absolute atomic E-state index is 4.87. The summed E-state index contributed by atoms with van der Waals surface area (Å²) in [4.78, 5) is 12.6. The molecule has 0 spiro atoms. The van der Waals surface area contributed by atoms with Gasteiger partial charge in [-0.3, -0.25) is 4.98 Å². The normalized spacial score (nSPS) is 12.1. The van der Waals surface area contributed by atoms with Gasteiger partial charge < -0.3 is 9.47 Å². The Kier molecular flexibility index (Phi) is 7.18. The number of thiazole rings is 1. The molecule has 148 valence electrons. The third kappa shape index (κ3) is 4.97. The quantitative estimate of drug-likeness (QED) is 0.527. The van der Waals surface area contributed by atoms with E-state index in [-0.39, 0.29) is 0 Å². The molecular weight excluding hydrogens is 364 g/mol. The smallest absolute Gasteiger partial charge is 0.190 e. The molecule has 0 saturated heterocycles. The van der Waals surface area contributed by atoms with Gasteiger partial charge >= 0.3 is 0 Å². The van der Waals surface area contributed by atoms with Gasteiger partial charge in [0.15, 0.2) is 4.80 Å².